The Bertz CT molecular complexity index is 1090. The first-order chi connectivity index (χ1) is 13.6. The van der Waals surface area contributed by atoms with Crippen molar-refractivity contribution >= 4 is 11.7 Å². The fourth-order valence-corrected chi connectivity index (χ4v) is 3.56. The molecule has 0 unspecified atom stereocenters. The van der Waals surface area contributed by atoms with E-state index in [4.69, 9.17) is 9.47 Å². The molecule has 0 fully saturated rings. The topological polar surface area (TPSA) is 93.3 Å². The van der Waals surface area contributed by atoms with E-state index in [-0.39, 0.29) is 23.7 Å². The highest BCUT2D eigenvalue weighted by Gasteiger charge is 2.33. The SMILES string of the molecule is COc1cccc([C@@H]2CC(=O)Nc3nc(-c4ccccc4)[nH]c(=O)c32)c1OC. The zero-order chi connectivity index (χ0) is 19.7. The second kappa shape index (κ2) is 7.19. The molecule has 1 atom stereocenters. The number of hydrogen-bond acceptors (Lipinski definition) is 5. The number of carbonyl (C=O) groups is 1. The number of methoxy groups -OCH3 is 2. The van der Waals surface area contributed by atoms with Gasteiger partial charge in [0.25, 0.3) is 5.56 Å². The lowest BCUT2D eigenvalue weighted by atomic mass is 9.86. The number of aromatic nitrogens is 2. The third-order valence-corrected chi connectivity index (χ3v) is 4.81. The van der Waals surface area contributed by atoms with E-state index in [1.54, 1.807) is 13.2 Å². The van der Waals surface area contributed by atoms with Gasteiger partial charge >= 0.3 is 0 Å². The zero-order valence-corrected chi connectivity index (χ0v) is 15.5. The lowest BCUT2D eigenvalue weighted by Crippen LogP contribution is -2.31. The monoisotopic (exact) mass is 377 g/mol. The molecule has 0 radical (unpaired) electrons. The first-order valence-corrected chi connectivity index (χ1v) is 8.82. The lowest BCUT2D eigenvalue weighted by molar-refractivity contribution is -0.116. The maximum atomic E-state index is 13.0. The Morgan fingerprint density at radius 2 is 1.79 bits per heavy atom. The molecule has 1 aliphatic rings. The molecule has 0 saturated heterocycles. The quantitative estimate of drug-likeness (QED) is 0.729. The van der Waals surface area contributed by atoms with Crippen LogP contribution >= 0.6 is 0 Å². The Labute approximate surface area is 161 Å². The minimum Gasteiger partial charge on any atom is -0.493 e. The summed E-state index contributed by atoms with van der Waals surface area (Å²) < 4.78 is 10.9. The van der Waals surface area contributed by atoms with Gasteiger partial charge in [-0.15, -0.1) is 0 Å². The molecule has 142 valence electrons. The van der Waals surface area contributed by atoms with Crippen LogP contribution in [0.25, 0.3) is 11.4 Å². The molecule has 3 aromatic rings. The number of H-pyrrole nitrogens is 1. The molecule has 1 aliphatic heterocycles. The van der Waals surface area contributed by atoms with E-state index in [1.807, 2.05) is 42.5 Å². The van der Waals surface area contributed by atoms with E-state index in [0.717, 1.165) is 5.56 Å². The van der Waals surface area contributed by atoms with Gasteiger partial charge in [-0.25, -0.2) is 4.98 Å². The normalized spacial score (nSPS) is 15.5. The van der Waals surface area contributed by atoms with Gasteiger partial charge in [-0.2, -0.15) is 0 Å². The number of carbonyl (C=O) groups excluding carboxylic acids is 1. The number of nitrogens with zero attached hydrogens (tertiary/aromatic N) is 1. The highest BCUT2D eigenvalue weighted by atomic mass is 16.5. The molecule has 0 aliphatic carbocycles. The fourth-order valence-electron chi connectivity index (χ4n) is 3.56. The van der Waals surface area contributed by atoms with Gasteiger partial charge in [0.05, 0.1) is 19.8 Å². The maximum absolute atomic E-state index is 13.0. The summed E-state index contributed by atoms with van der Waals surface area (Å²) in [5.41, 5.74) is 1.58. The number of para-hydroxylation sites is 1. The van der Waals surface area contributed by atoms with Gasteiger partial charge in [-0.3, -0.25) is 9.59 Å². The Hall–Kier alpha value is -3.61. The van der Waals surface area contributed by atoms with E-state index < -0.39 is 5.92 Å². The summed E-state index contributed by atoms with van der Waals surface area (Å²) >= 11 is 0. The van der Waals surface area contributed by atoms with Crippen LogP contribution < -0.4 is 20.3 Å². The minimum absolute atomic E-state index is 0.117. The summed E-state index contributed by atoms with van der Waals surface area (Å²) in [6, 6.07) is 14.7. The van der Waals surface area contributed by atoms with Crippen LogP contribution in [0.4, 0.5) is 5.82 Å². The first-order valence-electron chi connectivity index (χ1n) is 8.82. The van der Waals surface area contributed by atoms with Crippen molar-refractivity contribution in [3.8, 4) is 22.9 Å². The van der Waals surface area contributed by atoms with Crippen LogP contribution in [0.1, 0.15) is 23.5 Å². The highest BCUT2D eigenvalue weighted by Crippen LogP contribution is 2.42. The molecule has 7 heteroatoms. The molecule has 0 spiro atoms. The van der Waals surface area contributed by atoms with Gasteiger partial charge < -0.3 is 19.8 Å². The number of benzene rings is 2. The Kier molecular flexibility index (Phi) is 4.57. The molecule has 28 heavy (non-hydrogen) atoms. The standard InChI is InChI=1S/C21H19N3O4/c1-27-15-10-6-9-13(18(15)28-2)14-11-16(25)22-20-17(14)21(26)24-19(23-20)12-7-4-3-5-8-12/h3-10,14H,11H2,1-2H3,(H2,22,23,24,25,26)/t14-/m0/s1. The lowest BCUT2D eigenvalue weighted by Gasteiger charge is -2.26. The van der Waals surface area contributed by atoms with E-state index in [1.165, 1.54) is 7.11 Å². The van der Waals surface area contributed by atoms with Crippen LogP contribution in [-0.2, 0) is 4.79 Å². The maximum Gasteiger partial charge on any atom is 0.257 e. The largest absolute Gasteiger partial charge is 0.493 e. The van der Waals surface area contributed by atoms with Crippen molar-refractivity contribution in [2.24, 2.45) is 0 Å². The van der Waals surface area contributed by atoms with Crippen LogP contribution in [0.3, 0.4) is 0 Å². The predicted molar refractivity (Wildman–Crippen MR) is 105 cm³/mol. The number of rotatable bonds is 4. The third-order valence-electron chi connectivity index (χ3n) is 4.81. The molecule has 2 heterocycles. The number of nitrogens with one attached hydrogen (secondary N) is 2. The van der Waals surface area contributed by atoms with Gasteiger partial charge in [-0.05, 0) is 6.07 Å². The van der Waals surface area contributed by atoms with Gasteiger partial charge in [0.2, 0.25) is 5.91 Å². The number of hydrogen-bond donors (Lipinski definition) is 2. The predicted octanol–water partition coefficient (Wildman–Crippen LogP) is 2.93. The van der Waals surface area contributed by atoms with E-state index in [0.29, 0.717) is 28.5 Å². The molecule has 0 saturated carbocycles. The second-order valence-electron chi connectivity index (χ2n) is 6.43. The van der Waals surface area contributed by atoms with Crippen molar-refractivity contribution in [3.63, 3.8) is 0 Å². The first kappa shape index (κ1) is 17.8. The van der Waals surface area contributed by atoms with Gasteiger partial charge in [0.15, 0.2) is 11.5 Å². The van der Waals surface area contributed by atoms with E-state index >= 15 is 0 Å². The Balaban J connectivity index is 1.89. The average Bonchev–Trinajstić information content (AvgIpc) is 2.72. The van der Waals surface area contributed by atoms with Gasteiger partial charge in [0, 0.05) is 23.5 Å². The number of anilines is 1. The third kappa shape index (κ3) is 3.00. The second-order valence-corrected chi connectivity index (χ2v) is 6.43. The van der Waals surface area contributed by atoms with Crippen molar-refractivity contribution in [2.45, 2.75) is 12.3 Å². The molecule has 1 amide bonds. The number of ether oxygens (including phenoxy) is 2. The summed E-state index contributed by atoms with van der Waals surface area (Å²) in [4.78, 5) is 32.7. The van der Waals surface area contributed by atoms with Gasteiger partial charge in [0.1, 0.15) is 11.6 Å². The van der Waals surface area contributed by atoms with E-state index in [9.17, 15) is 9.59 Å². The van der Waals surface area contributed by atoms with Crippen molar-refractivity contribution in [2.75, 3.05) is 19.5 Å². The summed E-state index contributed by atoms with van der Waals surface area (Å²) in [7, 11) is 3.08. The molecule has 4 rings (SSSR count). The Morgan fingerprint density at radius 3 is 2.50 bits per heavy atom. The molecule has 2 aromatic carbocycles. The van der Waals surface area contributed by atoms with Crippen molar-refractivity contribution in [1.29, 1.82) is 0 Å². The van der Waals surface area contributed by atoms with Crippen molar-refractivity contribution in [1.82, 2.24) is 9.97 Å². The highest BCUT2D eigenvalue weighted by molar-refractivity contribution is 5.94. The molecular formula is C21H19N3O4. The van der Waals surface area contributed by atoms with Gasteiger partial charge in [-0.1, -0.05) is 42.5 Å². The summed E-state index contributed by atoms with van der Waals surface area (Å²) in [6.07, 6.45) is 0.117. The van der Waals surface area contributed by atoms with E-state index in [2.05, 4.69) is 15.3 Å². The molecule has 0 bridgehead atoms. The molecular weight excluding hydrogens is 358 g/mol. The molecule has 1 aromatic heterocycles. The number of aromatic amines is 1. The minimum atomic E-state index is -0.491. The molecule has 7 nitrogen and oxygen atoms in total. The van der Waals surface area contributed by atoms with Crippen LogP contribution in [0.2, 0.25) is 0 Å². The van der Waals surface area contributed by atoms with Crippen molar-refractivity contribution < 1.29 is 14.3 Å². The smallest absolute Gasteiger partial charge is 0.257 e. The number of fused-ring (bicyclic) bond motifs is 1. The van der Waals surface area contributed by atoms with Crippen LogP contribution in [0, 0.1) is 0 Å². The summed E-state index contributed by atoms with van der Waals surface area (Å²) in [6.45, 7) is 0. The van der Waals surface area contributed by atoms with Crippen LogP contribution in [-0.4, -0.2) is 30.1 Å². The molecule has 2 N–H and O–H groups in total. The van der Waals surface area contributed by atoms with Crippen LogP contribution in [0.5, 0.6) is 11.5 Å². The summed E-state index contributed by atoms with van der Waals surface area (Å²) in [5.74, 6) is 1.02. The number of amides is 1. The van der Waals surface area contributed by atoms with Crippen LogP contribution in [0.15, 0.2) is 53.3 Å². The average molecular weight is 377 g/mol. The zero-order valence-electron chi connectivity index (χ0n) is 15.5. The fraction of sp³-hybridized carbons (Fsp3) is 0.190. The van der Waals surface area contributed by atoms with Crippen molar-refractivity contribution in [3.05, 3.63) is 70.0 Å². The Morgan fingerprint density at radius 1 is 1.00 bits per heavy atom. The summed E-state index contributed by atoms with van der Waals surface area (Å²) in [5, 5.41) is 2.73.